The van der Waals surface area contributed by atoms with E-state index in [2.05, 4.69) is 22.3 Å². The fourth-order valence-corrected chi connectivity index (χ4v) is 3.64. The first kappa shape index (κ1) is 19.5. The second kappa shape index (κ2) is 8.66. The number of likely N-dealkylation sites (N-methyl/N-ethyl adjacent to an activating group) is 1. The average molecular weight is 412 g/mol. The molecule has 150 valence electrons. The van der Waals surface area contributed by atoms with Gasteiger partial charge in [0.05, 0.1) is 11.6 Å². The Morgan fingerprint density at radius 3 is 2.79 bits per heavy atom. The summed E-state index contributed by atoms with van der Waals surface area (Å²) in [6.45, 7) is 0.157. The number of rotatable bonds is 6. The molecular formula is C22H22ClN3O3. The van der Waals surface area contributed by atoms with Crippen molar-refractivity contribution in [2.24, 2.45) is 0 Å². The van der Waals surface area contributed by atoms with Crippen molar-refractivity contribution in [2.75, 3.05) is 13.7 Å². The predicted molar refractivity (Wildman–Crippen MR) is 110 cm³/mol. The Kier molecular flexibility index (Phi) is 5.81. The third-order valence-corrected chi connectivity index (χ3v) is 5.39. The lowest BCUT2D eigenvalue weighted by atomic mass is 9.92. The van der Waals surface area contributed by atoms with Crippen LogP contribution in [0, 0.1) is 0 Å². The van der Waals surface area contributed by atoms with Crippen LogP contribution in [0.5, 0.6) is 5.75 Å². The van der Waals surface area contributed by atoms with E-state index in [1.165, 1.54) is 28.9 Å². The molecule has 4 rings (SSSR count). The zero-order valence-corrected chi connectivity index (χ0v) is 17.0. The fraction of sp³-hybridized carbons (Fsp3) is 0.318. The first-order valence-corrected chi connectivity index (χ1v) is 10.0. The second-order valence-electron chi connectivity index (χ2n) is 7.17. The lowest BCUT2D eigenvalue weighted by Crippen LogP contribution is -2.31. The maximum absolute atomic E-state index is 12.4. The normalized spacial score (nSPS) is 13.0. The van der Waals surface area contributed by atoms with Gasteiger partial charge in [0, 0.05) is 12.6 Å². The van der Waals surface area contributed by atoms with E-state index >= 15 is 0 Å². The number of hydrogen-bond acceptors (Lipinski definition) is 5. The Bertz CT molecular complexity index is 1020. The molecule has 1 aliphatic carbocycles. The smallest absolute Gasteiger partial charge is 0.260 e. The lowest BCUT2D eigenvalue weighted by molar-refractivity contribution is -0.132. The number of halogens is 1. The van der Waals surface area contributed by atoms with E-state index in [1.807, 2.05) is 24.3 Å². The number of ether oxygens (including phenoxy) is 1. The first-order valence-electron chi connectivity index (χ1n) is 9.66. The summed E-state index contributed by atoms with van der Waals surface area (Å²) in [5.41, 5.74) is 3.40. The Hall–Kier alpha value is -2.86. The molecule has 29 heavy (non-hydrogen) atoms. The van der Waals surface area contributed by atoms with E-state index in [1.54, 1.807) is 13.1 Å². The molecule has 0 radical (unpaired) electrons. The first-order chi connectivity index (χ1) is 14.1. The van der Waals surface area contributed by atoms with Crippen LogP contribution in [-0.2, 0) is 24.2 Å². The van der Waals surface area contributed by atoms with E-state index in [-0.39, 0.29) is 19.1 Å². The van der Waals surface area contributed by atoms with E-state index < -0.39 is 0 Å². The summed E-state index contributed by atoms with van der Waals surface area (Å²) in [5.74, 6) is 1.30. The monoisotopic (exact) mass is 411 g/mol. The van der Waals surface area contributed by atoms with Crippen molar-refractivity contribution in [1.29, 1.82) is 0 Å². The van der Waals surface area contributed by atoms with E-state index in [9.17, 15) is 4.79 Å². The SMILES string of the molecule is CN(Cc1nc(-c2ccccc2Cl)no1)C(=O)COc1ccc2c(c1)CCCC2. The van der Waals surface area contributed by atoms with Gasteiger partial charge in [0.2, 0.25) is 11.7 Å². The third kappa shape index (κ3) is 4.59. The predicted octanol–water partition coefficient (Wildman–Crippen LogP) is 4.31. The van der Waals surface area contributed by atoms with Crippen LogP contribution in [0.3, 0.4) is 0 Å². The molecule has 0 spiro atoms. The molecule has 1 aliphatic rings. The molecule has 0 N–H and O–H groups in total. The Morgan fingerprint density at radius 1 is 1.17 bits per heavy atom. The van der Waals surface area contributed by atoms with Crippen LogP contribution in [0.4, 0.5) is 0 Å². The van der Waals surface area contributed by atoms with Gasteiger partial charge in [-0.15, -0.1) is 0 Å². The summed E-state index contributed by atoms with van der Waals surface area (Å²) < 4.78 is 11.0. The third-order valence-electron chi connectivity index (χ3n) is 5.06. The molecule has 1 amide bonds. The zero-order chi connectivity index (χ0) is 20.2. The Labute approximate surface area is 174 Å². The molecule has 0 saturated heterocycles. The molecule has 0 atom stereocenters. The summed E-state index contributed by atoms with van der Waals surface area (Å²) >= 11 is 6.17. The van der Waals surface area contributed by atoms with Crippen molar-refractivity contribution in [3.63, 3.8) is 0 Å². The molecule has 7 heteroatoms. The Balaban J connectivity index is 1.34. The van der Waals surface area contributed by atoms with Crippen molar-refractivity contribution < 1.29 is 14.1 Å². The van der Waals surface area contributed by atoms with Gasteiger partial charge in [0.15, 0.2) is 6.61 Å². The molecule has 2 aromatic carbocycles. The van der Waals surface area contributed by atoms with Gasteiger partial charge in [0.1, 0.15) is 5.75 Å². The van der Waals surface area contributed by atoms with Crippen LogP contribution in [0.25, 0.3) is 11.4 Å². The van der Waals surface area contributed by atoms with Gasteiger partial charge in [-0.3, -0.25) is 4.79 Å². The molecule has 6 nitrogen and oxygen atoms in total. The minimum atomic E-state index is -0.166. The number of carbonyl (C=O) groups excluding carboxylic acids is 1. The summed E-state index contributed by atoms with van der Waals surface area (Å²) in [5, 5.41) is 4.50. The van der Waals surface area contributed by atoms with Crippen molar-refractivity contribution in [3.8, 4) is 17.1 Å². The van der Waals surface area contributed by atoms with Crippen molar-refractivity contribution >= 4 is 17.5 Å². The summed E-state index contributed by atoms with van der Waals surface area (Å²) in [4.78, 5) is 18.3. The number of nitrogens with zero attached hydrogens (tertiary/aromatic N) is 3. The van der Waals surface area contributed by atoms with Crippen LogP contribution in [0.2, 0.25) is 5.02 Å². The molecule has 0 bridgehead atoms. The van der Waals surface area contributed by atoms with Crippen LogP contribution in [-0.4, -0.2) is 34.6 Å². The molecule has 1 aromatic heterocycles. The largest absolute Gasteiger partial charge is 0.484 e. The fourth-order valence-electron chi connectivity index (χ4n) is 3.42. The van der Waals surface area contributed by atoms with E-state index in [0.29, 0.717) is 22.3 Å². The maximum atomic E-state index is 12.4. The molecule has 1 heterocycles. The molecule has 0 saturated carbocycles. The van der Waals surface area contributed by atoms with Gasteiger partial charge in [-0.1, -0.05) is 35.0 Å². The van der Waals surface area contributed by atoms with Crippen molar-refractivity contribution in [1.82, 2.24) is 15.0 Å². The van der Waals surface area contributed by atoms with Gasteiger partial charge in [-0.05, 0) is 61.1 Å². The molecule has 0 fully saturated rings. The Morgan fingerprint density at radius 2 is 1.97 bits per heavy atom. The number of aromatic nitrogens is 2. The second-order valence-corrected chi connectivity index (χ2v) is 7.57. The molecule has 3 aromatic rings. The van der Waals surface area contributed by atoms with E-state index in [0.717, 1.165) is 18.6 Å². The summed E-state index contributed by atoms with van der Waals surface area (Å²) in [6, 6.07) is 13.4. The van der Waals surface area contributed by atoms with Crippen molar-refractivity contribution in [2.45, 2.75) is 32.2 Å². The van der Waals surface area contributed by atoms with Crippen LogP contribution < -0.4 is 4.74 Å². The van der Waals surface area contributed by atoms with Crippen LogP contribution >= 0.6 is 11.6 Å². The average Bonchev–Trinajstić information content (AvgIpc) is 3.20. The molecule has 0 aliphatic heterocycles. The van der Waals surface area contributed by atoms with Crippen LogP contribution in [0.1, 0.15) is 29.9 Å². The highest BCUT2D eigenvalue weighted by Crippen LogP contribution is 2.26. The van der Waals surface area contributed by atoms with E-state index in [4.69, 9.17) is 20.9 Å². The number of hydrogen-bond donors (Lipinski definition) is 0. The van der Waals surface area contributed by atoms with Crippen molar-refractivity contribution in [3.05, 3.63) is 64.5 Å². The van der Waals surface area contributed by atoms with Gasteiger partial charge in [-0.25, -0.2) is 0 Å². The van der Waals surface area contributed by atoms with Crippen LogP contribution in [0.15, 0.2) is 47.0 Å². The minimum Gasteiger partial charge on any atom is -0.484 e. The number of benzene rings is 2. The number of carbonyl (C=O) groups is 1. The quantitative estimate of drug-likeness (QED) is 0.604. The summed E-state index contributed by atoms with van der Waals surface area (Å²) in [6.07, 6.45) is 4.64. The lowest BCUT2D eigenvalue weighted by Gasteiger charge is -2.18. The number of amides is 1. The highest BCUT2D eigenvalue weighted by molar-refractivity contribution is 6.33. The zero-order valence-electron chi connectivity index (χ0n) is 16.2. The molecule has 0 unspecified atom stereocenters. The number of fused-ring (bicyclic) bond motifs is 1. The standard InChI is InChI=1S/C22H22ClN3O3/c1-26(13-20-24-22(25-29-20)18-8-4-5-9-19(18)23)21(27)14-28-17-11-10-15-6-2-3-7-16(15)12-17/h4-5,8-12H,2-3,6-7,13-14H2,1H3. The maximum Gasteiger partial charge on any atom is 0.260 e. The molecular weight excluding hydrogens is 390 g/mol. The highest BCUT2D eigenvalue weighted by atomic mass is 35.5. The highest BCUT2D eigenvalue weighted by Gasteiger charge is 2.17. The minimum absolute atomic E-state index is 0.0409. The van der Waals surface area contributed by atoms with Gasteiger partial charge in [0.25, 0.3) is 5.91 Å². The van der Waals surface area contributed by atoms with Gasteiger partial charge in [-0.2, -0.15) is 4.98 Å². The van der Waals surface area contributed by atoms with Gasteiger partial charge >= 0.3 is 0 Å². The topological polar surface area (TPSA) is 68.5 Å². The number of aryl methyl sites for hydroxylation is 2. The summed E-state index contributed by atoms with van der Waals surface area (Å²) in [7, 11) is 1.68. The van der Waals surface area contributed by atoms with Gasteiger partial charge < -0.3 is 14.2 Å².